The van der Waals surface area contributed by atoms with E-state index in [4.69, 9.17) is 23.2 Å². The van der Waals surface area contributed by atoms with Crippen molar-refractivity contribution in [2.24, 2.45) is 0 Å². The molecule has 94 valence electrons. The lowest BCUT2D eigenvalue weighted by atomic mass is 10.1. The van der Waals surface area contributed by atoms with Crippen LogP contribution < -0.4 is 0 Å². The SMILES string of the molecule is OC(Cc1ccc(Cl)c(F)c1)c1ncccc1Cl. The minimum atomic E-state index is -0.876. The Bertz CT molecular complexity index is 562. The molecule has 0 spiro atoms. The number of nitrogens with zero attached hydrogens (tertiary/aromatic N) is 1. The molecule has 0 amide bonds. The van der Waals surface area contributed by atoms with Gasteiger partial charge in [0.05, 0.1) is 15.7 Å². The summed E-state index contributed by atoms with van der Waals surface area (Å²) >= 11 is 11.5. The Morgan fingerprint density at radius 2 is 2.00 bits per heavy atom. The van der Waals surface area contributed by atoms with Gasteiger partial charge in [0.15, 0.2) is 0 Å². The van der Waals surface area contributed by atoms with E-state index in [1.54, 1.807) is 24.4 Å². The molecule has 1 unspecified atom stereocenters. The number of pyridine rings is 1. The maximum atomic E-state index is 13.3. The third-order valence-corrected chi connectivity index (χ3v) is 3.14. The van der Waals surface area contributed by atoms with E-state index in [2.05, 4.69) is 4.98 Å². The van der Waals surface area contributed by atoms with E-state index in [0.717, 1.165) is 0 Å². The highest BCUT2D eigenvalue weighted by Gasteiger charge is 2.14. The van der Waals surface area contributed by atoms with Crippen molar-refractivity contribution in [2.45, 2.75) is 12.5 Å². The molecule has 1 aromatic heterocycles. The van der Waals surface area contributed by atoms with Gasteiger partial charge in [-0.05, 0) is 29.8 Å². The molecule has 5 heteroatoms. The molecule has 0 saturated carbocycles. The van der Waals surface area contributed by atoms with E-state index in [9.17, 15) is 9.50 Å². The van der Waals surface area contributed by atoms with Crippen LogP contribution in [0.15, 0.2) is 36.5 Å². The van der Waals surface area contributed by atoms with Gasteiger partial charge in [0.2, 0.25) is 0 Å². The summed E-state index contributed by atoms with van der Waals surface area (Å²) < 4.78 is 13.3. The van der Waals surface area contributed by atoms with E-state index >= 15 is 0 Å². The number of aromatic nitrogens is 1. The van der Waals surface area contributed by atoms with Crippen molar-refractivity contribution in [3.05, 3.63) is 63.6 Å². The van der Waals surface area contributed by atoms with Crippen molar-refractivity contribution in [1.82, 2.24) is 4.98 Å². The smallest absolute Gasteiger partial charge is 0.142 e. The lowest BCUT2D eigenvalue weighted by Gasteiger charge is -2.11. The molecule has 0 bridgehead atoms. The highest BCUT2D eigenvalue weighted by atomic mass is 35.5. The molecule has 1 N–H and O–H groups in total. The zero-order valence-electron chi connectivity index (χ0n) is 9.28. The molecule has 0 saturated heterocycles. The van der Waals surface area contributed by atoms with Gasteiger partial charge in [0.1, 0.15) is 11.9 Å². The lowest BCUT2D eigenvalue weighted by molar-refractivity contribution is 0.173. The molecule has 0 aliphatic rings. The second-order valence-electron chi connectivity index (χ2n) is 3.84. The molecule has 1 atom stereocenters. The zero-order chi connectivity index (χ0) is 13.1. The fourth-order valence-corrected chi connectivity index (χ4v) is 1.99. The van der Waals surface area contributed by atoms with Crippen molar-refractivity contribution in [1.29, 1.82) is 0 Å². The standard InChI is InChI=1S/C13H10Cl2FNO/c14-9-4-3-8(6-11(9)16)7-12(18)13-10(15)2-1-5-17-13/h1-6,12,18H,7H2. The summed E-state index contributed by atoms with van der Waals surface area (Å²) in [5.74, 6) is -0.506. The van der Waals surface area contributed by atoms with Crippen LogP contribution >= 0.6 is 23.2 Å². The third kappa shape index (κ3) is 2.99. The van der Waals surface area contributed by atoms with Crippen molar-refractivity contribution in [3.63, 3.8) is 0 Å². The molecule has 1 heterocycles. The van der Waals surface area contributed by atoms with Crippen molar-refractivity contribution in [2.75, 3.05) is 0 Å². The molecule has 2 rings (SSSR count). The van der Waals surface area contributed by atoms with Gasteiger partial charge in [-0.2, -0.15) is 0 Å². The lowest BCUT2D eigenvalue weighted by Crippen LogP contribution is -2.05. The van der Waals surface area contributed by atoms with Crippen LogP contribution in [-0.2, 0) is 6.42 Å². The maximum Gasteiger partial charge on any atom is 0.142 e. The fraction of sp³-hybridized carbons (Fsp3) is 0.154. The molecule has 0 radical (unpaired) electrons. The van der Waals surface area contributed by atoms with Gasteiger partial charge in [-0.25, -0.2) is 4.39 Å². The van der Waals surface area contributed by atoms with Crippen LogP contribution in [0, 0.1) is 5.82 Å². The minimum Gasteiger partial charge on any atom is -0.386 e. The van der Waals surface area contributed by atoms with Gasteiger partial charge in [-0.3, -0.25) is 4.98 Å². The molecular formula is C13H10Cl2FNO. The van der Waals surface area contributed by atoms with Gasteiger partial charge in [-0.15, -0.1) is 0 Å². The van der Waals surface area contributed by atoms with Gasteiger partial charge < -0.3 is 5.11 Å². The van der Waals surface area contributed by atoms with Gasteiger partial charge >= 0.3 is 0 Å². The number of aliphatic hydroxyl groups is 1. The summed E-state index contributed by atoms with van der Waals surface area (Å²) in [6.07, 6.45) is 0.900. The second-order valence-corrected chi connectivity index (χ2v) is 4.65. The normalized spacial score (nSPS) is 12.4. The van der Waals surface area contributed by atoms with Crippen LogP contribution in [0.1, 0.15) is 17.4 Å². The first-order chi connectivity index (χ1) is 8.58. The van der Waals surface area contributed by atoms with Crippen molar-refractivity contribution < 1.29 is 9.50 Å². The fourth-order valence-electron chi connectivity index (χ4n) is 1.63. The first-order valence-corrected chi connectivity index (χ1v) is 6.06. The van der Waals surface area contributed by atoms with E-state index in [-0.39, 0.29) is 11.4 Å². The number of rotatable bonds is 3. The number of hydrogen-bond donors (Lipinski definition) is 1. The molecule has 0 fully saturated rings. The summed E-state index contributed by atoms with van der Waals surface area (Å²) in [5.41, 5.74) is 1.01. The van der Waals surface area contributed by atoms with Crippen molar-refractivity contribution >= 4 is 23.2 Å². The minimum absolute atomic E-state index is 0.0594. The molecule has 1 aromatic carbocycles. The summed E-state index contributed by atoms with van der Waals surface area (Å²) in [6.45, 7) is 0. The van der Waals surface area contributed by atoms with Gasteiger partial charge in [0, 0.05) is 12.6 Å². The Labute approximate surface area is 114 Å². The predicted octanol–water partition coefficient (Wildman–Crippen LogP) is 3.80. The van der Waals surface area contributed by atoms with Crippen LogP contribution in [0.4, 0.5) is 4.39 Å². The number of hydrogen-bond acceptors (Lipinski definition) is 2. The molecule has 0 aliphatic carbocycles. The number of halogens is 3. The molecule has 0 aliphatic heterocycles. The summed E-state index contributed by atoms with van der Waals surface area (Å²) in [5, 5.41) is 10.5. The first kappa shape index (κ1) is 13.3. The van der Waals surface area contributed by atoms with E-state index in [1.807, 2.05) is 0 Å². The Morgan fingerprint density at radius 1 is 1.22 bits per heavy atom. The maximum absolute atomic E-state index is 13.3. The average molecular weight is 286 g/mol. The summed E-state index contributed by atoms with van der Waals surface area (Å²) in [6, 6.07) is 7.74. The quantitative estimate of drug-likeness (QED) is 0.930. The van der Waals surface area contributed by atoms with Crippen LogP contribution in [-0.4, -0.2) is 10.1 Å². The summed E-state index contributed by atoms with van der Waals surface area (Å²) in [7, 11) is 0. The number of aliphatic hydroxyl groups excluding tert-OH is 1. The van der Waals surface area contributed by atoms with Gasteiger partial charge in [-0.1, -0.05) is 29.3 Å². The molecule has 2 nitrogen and oxygen atoms in total. The zero-order valence-corrected chi connectivity index (χ0v) is 10.8. The molecule has 18 heavy (non-hydrogen) atoms. The Balaban J connectivity index is 2.19. The number of benzene rings is 1. The van der Waals surface area contributed by atoms with E-state index in [1.165, 1.54) is 12.1 Å². The third-order valence-electron chi connectivity index (χ3n) is 2.52. The monoisotopic (exact) mass is 285 g/mol. The van der Waals surface area contributed by atoms with E-state index < -0.39 is 11.9 Å². The van der Waals surface area contributed by atoms with Crippen LogP contribution in [0.5, 0.6) is 0 Å². The Kier molecular flexibility index (Phi) is 4.17. The largest absolute Gasteiger partial charge is 0.386 e. The molecular weight excluding hydrogens is 276 g/mol. The van der Waals surface area contributed by atoms with Crippen LogP contribution in [0.3, 0.4) is 0 Å². The van der Waals surface area contributed by atoms with E-state index in [0.29, 0.717) is 16.3 Å². The molecule has 2 aromatic rings. The predicted molar refractivity (Wildman–Crippen MR) is 69.3 cm³/mol. The topological polar surface area (TPSA) is 33.1 Å². The average Bonchev–Trinajstić information content (AvgIpc) is 2.34. The van der Waals surface area contributed by atoms with Crippen LogP contribution in [0.25, 0.3) is 0 Å². The van der Waals surface area contributed by atoms with Crippen LogP contribution in [0.2, 0.25) is 10.0 Å². The highest BCUT2D eigenvalue weighted by molar-refractivity contribution is 6.31. The second kappa shape index (κ2) is 5.65. The van der Waals surface area contributed by atoms with Crippen molar-refractivity contribution in [3.8, 4) is 0 Å². The summed E-state index contributed by atoms with van der Waals surface area (Å²) in [4.78, 5) is 4.01. The first-order valence-electron chi connectivity index (χ1n) is 5.30. The Morgan fingerprint density at radius 3 is 2.67 bits per heavy atom. The Hall–Kier alpha value is -1.16. The highest BCUT2D eigenvalue weighted by Crippen LogP contribution is 2.24. The van der Waals surface area contributed by atoms with Gasteiger partial charge in [0.25, 0.3) is 0 Å².